The predicted octanol–water partition coefficient (Wildman–Crippen LogP) is 4.50. The summed E-state index contributed by atoms with van der Waals surface area (Å²) in [7, 11) is -3.94. The topological polar surface area (TPSA) is 88.9 Å². The molecule has 1 unspecified atom stereocenters. The van der Waals surface area contributed by atoms with E-state index in [0.717, 1.165) is 53.5 Å². The van der Waals surface area contributed by atoms with E-state index in [2.05, 4.69) is 30.6 Å². The number of hydrogen-bond donors (Lipinski definition) is 2. The third-order valence-corrected chi connectivity index (χ3v) is 8.87. The molecule has 2 N–H and O–H groups in total. The molecule has 3 aliphatic carbocycles. The zero-order valence-corrected chi connectivity index (χ0v) is 21.0. The van der Waals surface area contributed by atoms with E-state index in [9.17, 15) is 12.8 Å². The van der Waals surface area contributed by atoms with Crippen LogP contribution in [0, 0.1) is 5.92 Å². The average Bonchev–Trinajstić information content (AvgIpc) is 3.73. The highest BCUT2D eigenvalue weighted by atomic mass is 32.2. The van der Waals surface area contributed by atoms with Crippen LogP contribution in [0.15, 0.2) is 35.6 Å². The maximum atomic E-state index is 14.3. The molecule has 35 heavy (non-hydrogen) atoms. The average molecular weight is 498 g/mol. The van der Waals surface area contributed by atoms with E-state index >= 15 is 0 Å². The Bertz CT molecular complexity index is 1390. The summed E-state index contributed by atoms with van der Waals surface area (Å²) in [6.07, 6.45) is 11.5. The van der Waals surface area contributed by atoms with Crippen molar-refractivity contribution in [3.05, 3.63) is 47.5 Å². The van der Waals surface area contributed by atoms with Crippen LogP contribution in [-0.4, -0.2) is 41.7 Å². The Kier molecular flexibility index (Phi) is 5.41. The summed E-state index contributed by atoms with van der Waals surface area (Å²) in [5.41, 5.74) is 1.12. The van der Waals surface area contributed by atoms with Gasteiger partial charge in [-0.15, -0.1) is 0 Å². The van der Waals surface area contributed by atoms with E-state index in [1.807, 2.05) is 12.3 Å². The number of alkyl halides is 1. The van der Waals surface area contributed by atoms with Gasteiger partial charge in [-0.2, -0.15) is 0 Å². The highest BCUT2D eigenvalue weighted by molar-refractivity contribution is 7.89. The molecule has 6 rings (SSSR count). The molecule has 0 aliphatic heterocycles. The quantitative estimate of drug-likeness (QED) is 0.455. The fourth-order valence-electron chi connectivity index (χ4n) is 5.09. The van der Waals surface area contributed by atoms with E-state index in [1.54, 1.807) is 12.4 Å². The number of fused-ring (bicyclic) bond motifs is 2. The fraction of sp³-hybridized carbons (Fsp3) is 0.538. The van der Waals surface area contributed by atoms with Crippen molar-refractivity contribution in [2.75, 3.05) is 18.4 Å². The van der Waals surface area contributed by atoms with Crippen molar-refractivity contribution in [3.63, 3.8) is 0 Å². The Morgan fingerprint density at radius 1 is 1.14 bits per heavy atom. The van der Waals surface area contributed by atoms with Gasteiger partial charge in [0.25, 0.3) is 0 Å². The second kappa shape index (κ2) is 8.27. The molecule has 2 heterocycles. The summed E-state index contributed by atoms with van der Waals surface area (Å²) in [6, 6.07) is 4.09. The number of imidazole rings is 1. The normalized spacial score (nSPS) is 20.4. The molecule has 1 atom stereocenters. The Labute approximate surface area is 205 Å². The Hall–Kier alpha value is -2.52. The van der Waals surface area contributed by atoms with Gasteiger partial charge in [0.15, 0.2) is 0 Å². The minimum absolute atomic E-state index is 0.0634. The van der Waals surface area contributed by atoms with Crippen LogP contribution >= 0.6 is 0 Å². The van der Waals surface area contributed by atoms with Crippen molar-refractivity contribution in [3.8, 4) is 0 Å². The smallest absolute Gasteiger partial charge is 0.241 e. The van der Waals surface area contributed by atoms with E-state index in [-0.39, 0.29) is 17.5 Å². The lowest BCUT2D eigenvalue weighted by Crippen LogP contribution is -2.35. The first-order chi connectivity index (χ1) is 16.7. The number of nitrogens with zero attached hydrogens (tertiary/aromatic N) is 3. The van der Waals surface area contributed by atoms with Gasteiger partial charge < -0.3 is 9.88 Å². The molecule has 1 aromatic carbocycles. The molecule has 0 amide bonds. The summed E-state index contributed by atoms with van der Waals surface area (Å²) >= 11 is 0. The lowest BCUT2D eigenvalue weighted by Gasteiger charge is -2.19. The molecule has 3 aliphatic rings. The number of aromatic nitrogens is 3. The van der Waals surface area contributed by atoms with Crippen molar-refractivity contribution in [1.29, 1.82) is 0 Å². The maximum Gasteiger partial charge on any atom is 0.241 e. The molecular weight excluding hydrogens is 465 g/mol. The van der Waals surface area contributed by atoms with Crippen LogP contribution in [0.2, 0.25) is 0 Å². The third kappa shape index (κ3) is 4.68. The highest BCUT2D eigenvalue weighted by Crippen LogP contribution is 2.43. The van der Waals surface area contributed by atoms with Gasteiger partial charge >= 0.3 is 0 Å². The zero-order valence-electron chi connectivity index (χ0n) is 20.2. The standard InChI is InChI=1S/C26H32FN5O2S/c1-26(2,27)15-31-35(33,34)24-21-11-20(32-8-7-28-25(32)30-13-16-3-4-16)10-18(21)9-19-14-29-23(12-22(19)24)17-5-6-17/h7-9,12,14,16-17,20,31H,3-6,10-11,13,15H2,1-2H3,(H,28,30). The molecule has 0 saturated heterocycles. The lowest BCUT2D eigenvalue weighted by molar-refractivity contribution is 0.221. The molecule has 0 bridgehead atoms. The Balaban J connectivity index is 1.41. The number of benzene rings is 1. The number of anilines is 1. The first kappa shape index (κ1) is 22.9. The van der Waals surface area contributed by atoms with Gasteiger partial charge in [-0.25, -0.2) is 22.5 Å². The lowest BCUT2D eigenvalue weighted by atomic mass is 10.0. The molecule has 2 saturated carbocycles. The molecule has 7 nitrogen and oxygen atoms in total. The van der Waals surface area contributed by atoms with Gasteiger partial charge in [0, 0.05) is 60.1 Å². The monoisotopic (exact) mass is 497 g/mol. The first-order valence-electron chi connectivity index (χ1n) is 12.6. The van der Waals surface area contributed by atoms with E-state index < -0.39 is 15.7 Å². The van der Waals surface area contributed by atoms with Crippen molar-refractivity contribution in [2.45, 2.75) is 74.9 Å². The van der Waals surface area contributed by atoms with Gasteiger partial charge in [0.05, 0.1) is 4.90 Å². The summed E-state index contributed by atoms with van der Waals surface area (Å²) in [5, 5.41) is 4.96. The van der Waals surface area contributed by atoms with E-state index in [0.29, 0.717) is 24.1 Å². The number of hydrogen-bond acceptors (Lipinski definition) is 5. The van der Waals surface area contributed by atoms with Crippen LogP contribution < -0.4 is 10.0 Å². The third-order valence-electron chi connectivity index (χ3n) is 7.34. The Morgan fingerprint density at radius 2 is 1.94 bits per heavy atom. The summed E-state index contributed by atoms with van der Waals surface area (Å²) in [5.74, 6) is 1.96. The van der Waals surface area contributed by atoms with Gasteiger partial charge in [-0.1, -0.05) is 0 Å². The van der Waals surface area contributed by atoms with Crippen LogP contribution in [0.3, 0.4) is 0 Å². The van der Waals surface area contributed by atoms with Crippen molar-refractivity contribution in [2.24, 2.45) is 5.92 Å². The highest BCUT2D eigenvalue weighted by Gasteiger charge is 2.34. The summed E-state index contributed by atoms with van der Waals surface area (Å²) < 4.78 is 46.3. The molecule has 3 aromatic rings. The molecule has 9 heteroatoms. The maximum absolute atomic E-state index is 14.3. The van der Waals surface area contributed by atoms with Gasteiger partial charge in [0.2, 0.25) is 16.0 Å². The van der Waals surface area contributed by atoms with Crippen molar-refractivity contribution < 1.29 is 12.8 Å². The van der Waals surface area contributed by atoms with Crippen molar-refractivity contribution >= 4 is 26.7 Å². The number of halogens is 1. The molecule has 2 fully saturated rings. The van der Waals surface area contributed by atoms with Crippen LogP contribution in [-0.2, 0) is 22.9 Å². The SMILES string of the molecule is CC(C)(F)CNS(=O)(=O)c1c2c(cc3cnc(C4CC4)cc13)CC(n1ccnc1NCC1CC1)C2. The number of sulfonamides is 1. The molecular formula is C26H32FN5O2S. The minimum atomic E-state index is -3.94. The number of rotatable bonds is 9. The first-order valence-corrected chi connectivity index (χ1v) is 14.1. The number of nitrogens with one attached hydrogen (secondary N) is 2. The second-order valence-corrected chi connectivity index (χ2v) is 12.7. The number of pyridine rings is 1. The van der Waals surface area contributed by atoms with Crippen LogP contribution in [0.1, 0.15) is 68.3 Å². The molecule has 0 spiro atoms. The van der Waals surface area contributed by atoms with Crippen molar-refractivity contribution in [1.82, 2.24) is 19.3 Å². The summed E-state index contributed by atoms with van der Waals surface area (Å²) in [6.45, 7) is 3.40. The van der Waals surface area contributed by atoms with Crippen LogP contribution in [0.4, 0.5) is 10.3 Å². The van der Waals surface area contributed by atoms with Gasteiger partial charge in [-0.3, -0.25) is 4.98 Å². The largest absolute Gasteiger partial charge is 0.355 e. The van der Waals surface area contributed by atoms with Gasteiger partial charge in [0.1, 0.15) is 5.67 Å². The second-order valence-electron chi connectivity index (χ2n) is 11.0. The summed E-state index contributed by atoms with van der Waals surface area (Å²) in [4.78, 5) is 9.43. The predicted molar refractivity (Wildman–Crippen MR) is 134 cm³/mol. The van der Waals surface area contributed by atoms with Crippen LogP contribution in [0.5, 0.6) is 0 Å². The molecule has 186 valence electrons. The van der Waals surface area contributed by atoms with Gasteiger partial charge in [-0.05, 0) is 81.5 Å². The molecule has 2 aromatic heterocycles. The van der Waals surface area contributed by atoms with Crippen LogP contribution in [0.25, 0.3) is 10.8 Å². The fourth-order valence-corrected chi connectivity index (χ4v) is 6.77. The zero-order chi connectivity index (χ0) is 24.4. The minimum Gasteiger partial charge on any atom is -0.355 e. The van der Waals surface area contributed by atoms with E-state index in [4.69, 9.17) is 0 Å². The van der Waals surface area contributed by atoms with E-state index in [1.165, 1.54) is 26.7 Å². The molecule has 0 radical (unpaired) electrons. The Morgan fingerprint density at radius 3 is 2.66 bits per heavy atom.